The van der Waals surface area contributed by atoms with Gasteiger partial charge in [0.2, 0.25) is 0 Å². The van der Waals surface area contributed by atoms with Gasteiger partial charge in [-0.1, -0.05) is 28.4 Å². The number of methoxy groups -OCH3 is 1. The first kappa shape index (κ1) is 26.5. The molecule has 1 aliphatic rings. The number of benzene rings is 2. The number of hydrogen-bond acceptors (Lipinski definition) is 8. The Morgan fingerprint density at radius 2 is 1.84 bits per heavy atom. The van der Waals surface area contributed by atoms with E-state index in [4.69, 9.17) is 32.7 Å². The Morgan fingerprint density at radius 3 is 2.50 bits per heavy atom. The molecule has 0 aliphatic carbocycles. The van der Waals surface area contributed by atoms with Crippen molar-refractivity contribution in [2.24, 2.45) is 0 Å². The maximum absolute atomic E-state index is 13.8. The molecule has 3 heterocycles. The zero-order valence-electron chi connectivity index (χ0n) is 19.4. The van der Waals surface area contributed by atoms with E-state index in [1.165, 1.54) is 29.0 Å². The van der Waals surface area contributed by atoms with Crippen LogP contribution in [0.3, 0.4) is 0 Å². The second kappa shape index (κ2) is 10.6. The molecular weight excluding hydrogens is 552 g/mol. The lowest BCUT2D eigenvalue weighted by Crippen LogP contribution is -2.53. The molecule has 15 heteroatoms. The van der Waals surface area contributed by atoms with Gasteiger partial charge < -0.3 is 19.7 Å². The van der Waals surface area contributed by atoms with E-state index < -0.39 is 54.5 Å². The van der Waals surface area contributed by atoms with Crippen LogP contribution in [-0.2, 0) is 9.47 Å². The van der Waals surface area contributed by atoms with Crippen LogP contribution < -0.4 is 0 Å². The second-order valence-electron chi connectivity index (χ2n) is 8.43. The lowest BCUT2D eigenvalue weighted by Gasteiger charge is -2.43. The van der Waals surface area contributed by atoms with Crippen molar-refractivity contribution in [2.45, 2.75) is 30.5 Å². The first-order valence-electron chi connectivity index (χ1n) is 11.1. The quantitative estimate of drug-likeness (QED) is 0.339. The maximum Gasteiger partial charge on any atom is 0.194 e. The third-order valence-electron chi connectivity index (χ3n) is 6.21. The van der Waals surface area contributed by atoms with E-state index in [0.29, 0.717) is 10.7 Å². The van der Waals surface area contributed by atoms with Gasteiger partial charge in [0.15, 0.2) is 23.3 Å². The predicted octanol–water partition coefficient (Wildman–Crippen LogP) is 3.30. The summed E-state index contributed by atoms with van der Waals surface area (Å²) < 4.78 is 55.4. The molecule has 0 amide bonds. The largest absolute Gasteiger partial charge is 0.394 e. The van der Waals surface area contributed by atoms with E-state index in [1.54, 1.807) is 18.2 Å². The van der Waals surface area contributed by atoms with Gasteiger partial charge in [0.05, 0.1) is 28.5 Å². The van der Waals surface area contributed by atoms with Gasteiger partial charge in [-0.3, -0.25) is 0 Å². The van der Waals surface area contributed by atoms with Crippen LogP contribution in [0.2, 0.25) is 10.0 Å². The predicted molar refractivity (Wildman–Crippen MR) is 127 cm³/mol. The molecule has 0 saturated carbocycles. The van der Waals surface area contributed by atoms with Gasteiger partial charge in [-0.05, 0) is 30.3 Å². The summed E-state index contributed by atoms with van der Waals surface area (Å²) in [5.74, 6) is -4.14. The Morgan fingerprint density at radius 1 is 1.11 bits per heavy atom. The molecule has 1 fully saturated rings. The maximum atomic E-state index is 13.8. The number of halogens is 5. The smallest absolute Gasteiger partial charge is 0.194 e. The van der Waals surface area contributed by atoms with E-state index in [0.717, 1.165) is 12.1 Å². The van der Waals surface area contributed by atoms with Crippen LogP contribution >= 0.6 is 23.2 Å². The van der Waals surface area contributed by atoms with E-state index in [2.05, 4.69) is 20.4 Å². The van der Waals surface area contributed by atoms with Crippen LogP contribution in [-0.4, -0.2) is 72.0 Å². The topological polar surface area (TPSA) is 120 Å². The highest BCUT2D eigenvalue weighted by Crippen LogP contribution is 2.40. The van der Waals surface area contributed by atoms with E-state index in [1.807, 2.05) is 0 Å². The minimum Gasteiger partial charge on any atom is -0.394 e. The molecule has 2 aromatic carbocycles. The van der Waals surface area contributed by atoms with Gasteiger partial charge in [0, 0.05) is 12.7 Å². The van der Waals surface area contributed by atoms with Crippen molar-refractivity contribution in [2.75, 3.05) is 13.7 Å². The van der Waals surface area contributed by atoms with Gasteiger partial charge in [-0.15, -0.1) is 5.10 Å². The summed E-state index contributed by atoms with van der Waals surface area (Å²) >= 11 is 12.2. The molecule has 200 valence electrons. The Hall–Kier alpha value is -3.07. The van der Waals surface area contributed by atoms with E-state index in [9.17, 15) is 23.4 Å². The molecule has 2 N–H and O–H groups in total. The number of rotatable bonds is 6. The van der Waals surface area contributed by atoms with Gasteiger partial charge in [0.1, 0.15) is 42.5 Å². The molecule has 0 bridgehead atoms. The minimum atomic E-state index is -1.61. The second-order valence-corrected chi connectivity index (χ2v) is 9.24. The van der Waals surface area contributed by atoms with Crippen molar-refractivity contribution in [3.8, 4) is 16.9 Å². The van der Waals surface area contributed by atoms with Crippen molar-refractivity contribution in [1.29, 1.82) is 0 Å². The fourth-order valence-corrected chi connectivity index (χ4v) is 4.68. The first-order chi connectivity index (χ1) is 18.2. The zero-order valence-corrected chi connectivity index (χ0v) is 20.9. The van der Waals surface area contributed by atoms with Gasteiger partial charge in [-0.25, -0.2) is 27.5 Å². The molecule has 38 heavy (non-hydrogen) atoms. The van der Waals surface area contributed by atoms with Gasteiger partial charge >= 0.3 is 0 Å². The Labute approximate surface area is 223 Å². The van der Waals surface area contributed by atoms with Crippen molar-refractivity contribution in [3.63, 3.8) is 0 Å². The number of aliphatic hydroxyl groups excluding tert-OH is 2. The zero-order chi connectivity index (χ0) is 27.1. The Bertz CT molecular complexity index is 1450. The number of ether oxygens (including phenoxy) is 2. The van der Waals surface area contributed by atoms with E-state index in [-0.39, 0.29) is 22.1 Å². The SMILES string of the molecule is CO[C@@H]1[C@@H](n2cc(-c3cc(F)c(F)c(F)c3)nn2)[C@@H](O)[C@@H](CO)O[C@H]1c1ncnn1-c1ccc(Cl)c(Cl)c1. The van der Waals surface area contributed by atoms with Crippen LogP contribution in [0, 0.1) is 17.5 Å². The van der Waals surface area contributed by atoms with Crippen LogP contribution in [0.25, 0.3) is 16.9 Å². The summed E-state index contributed by atoms with van der Waals surface area (Å²) in [6.45, 7) is -0.568. The minimum absolute atomic E-state index is 0.00687. The molecule has 1 aliphatic heterocycles. The van der Waals surface area contributed by atoms with Crippen molar-refractivity contribution >= 4 is 23.2 Å². The standard InChI is InChI=1S/C23H19Cl2F3N6O4/c1-37-21-19(33-7-16(31-32-33)10-4-14(26)18(28)15(27)5-10)20(36)17(8-35)38-22(21)23-29-9-30-34(23)11-2-3-12(24)13(25)6-11/h2-7,9,17,19-22,35-36H,8H2,1H3/t17-,19+,20+,21-,22-/m1/s1. The fourth-order valence-electron chi connectivity index (χ4n) is 4.39. The highest BCUT2D eigenvalue weighted by Gasteiger charge is 2.49. The third kappa shape index (κ3) is 4.65. The highest BCUT2D eigenvalue weighted by atomic mass is 35.5. The summed E-state index contributed by atoms with van der Waals surface area (Å²) in [6, 6.07) is 5.37. The highest BCUT2D eigenvalue weighted by molar-refractivity contribution is 6.42. The Balaban J connectivity index is 1.55. The fraction of sp³-hybridized carbons (Fsp3) is 0.304. The number of aliphatic hydroxyl groups is 2. The van der Waals surface area contributed by atoms with Crippen molar-refractivity contribution < 1.29 is 32.9 Å². The third-order valence-corrected chi connectivity index (χ3v) is 6.95. The summed E-state index contributed by atoms with van der Waals surface area (Å²) in [6.07, 6.45) is -1.81. The lowest BCUT2D eigenvalue weighted by molar-refractivity contribution is -0.217. The van der Waals surface area contributed by atoms with Gasteiger partial charge in [-0.2, -0.15) is 5.10 Å². The number of nitrogens with zero attached hydrogens (tertiary/aromatic N) is 6. The molecule has 1 saturated heterocycles. The van der Waals surface area contributed by atoms with Crippen LogP contribution in [0.15, 0.2) is 42.9 Å². The lowest BCUT2D eigenvalue weighted by atomic mass is 9.92. The summed E-state index contributed by atoms with van der Waals surface area (Å²) in [5.41, 5.74) is 0.446. The number of aromatic nitrogens is 6. The van der Waals surface area contributed by atoms with Gasteiger partial charge in [0.25, 0.3) is 0 Å². The Kier molecular flexibility index (Phi) is 7.40. The molecule has 0 radical (unpaired) electrons. The molecular formula is C23H19Cl2F3N6O4. The van der Waals surface area contributed by atoms with Crippen LogP contribution in [0.4, 0.5) is 13.2 Å². The summed E-state index contributed by atoms with van der Waals surface area (Å²) in [7, 11) is 1.38. The van der Waals surface area contributed by atoms with Crippen molar-refractivity contribution in [3.05, 3.63) is 76.2 Å². The average Bonchev–Trinajstić information content (AvgIpc) is 3.58. The number of hydrogen-bond donors (Lipinski definition) is 2. The average molecular weight is 571 g/mol. The molecule has 10 nitrogen and oxygen atoms in total. The molecule has 5 atom stereocenters. The van der Waals surface area contributed by atoms with Crippen molar-refractivity contribution in [1.82, 2.24) is 29.8 Å². The summed E-state index contributed by atoms with van der Waals surface area (Å²) in [5, 5.41) is 33.8. The normalized spacial score (nSPS) is 23.6. The molecule has 0 spiro atoms. The monoisotopic (exact) mass is 570 g/mol. The molecule has 2 aromatic heterocycles. The molecule has 4 aromatic rings. The van der Waals surface area contributed by atoms with Crippen LogP contribution in [0.1, 0.15) is 18.0 Å². The molecule has 5 rings (SSSR count). The molecule has 0 unspecified atom stereocenters. The van der Waals surface area contributed by atoms with E-state index >= 15 is 0 Å². The summed E-state index contributed by atoms with van der Waals surface area (Å²) in [4.78, 5) is 4.31. The van der Waals surface area contributed by atoms with Crippen LogP contribution in [0.5, 0.6) is 0 Å². The first-order valence-corrected chi connectivity index (χ1v) is 11.9.